The molecule has 0 radical (unpaired) electrons. The minimum Gasteiger partial charge on any atom is -0.494 e. The van der Waals surface area contributed by atoms with Crippen LogP contribution in [0.3, 0.4) is 0 Å². The number of aromatic nitrogens is 1. The summed E-state index contributed by atoms with van der Waals surface area (Å²) < 4.78 is 5.44. The summed E-state index contributed by atoms with van der Waals surface area (Å²) in [6.45, 7) is 2.51. The quantitative estimate of drug-likeness (QED) is 0.791. The summed E-state index contributed by atoms with van der Waals surface area (Å²) in [7, 11) is 0. The maximum atomic E-state index is 12.3. The highest BCUT2D eigenvalue weighted by molar-refractivity contribution is 5.75. The molecule has 0 aliphatic heterocycles. The van der Waals surface area contributed by atoms with E-state index >= 15 is 0 Å². The Labute approximate surface area is 140 Å². The molecule has 1 heterocycles. The van der Waals surface area contributed by atoms with Crippen molar-refractivity contribution in [2.75, 3.05) is 6.61 Å². The lowest BCUT2D eigenvalue weighted by molar-refractivity contribution is 0.340. The standard InChI is InChI=1S/C20H16N2O2/c1-2-24-16-10-8-14(9-11-16)17-12-19(15-6-4-3-5-7-15)22-20(23)18(17)13-21/h3-12H,2H2,1H3,(H,22,23). The third kappa shape index (κ3) is 3.06. The number of aromatic amines is 1. The molecule has 3 aromatic rings. The first-order valence-corrected chi connectivity index (χ1v) is 7.69. The topological polar surface area (TPSA) is 65.9 Å². The zero-order chi connectivity index (χ0) is 16.9. The predicted molar refractivity (Wildman–Crippen MR) is 93.8 cm³/mol. The average molecular weight is 316 g/mol. The molecule has 0 fully saturated rings. The molecule has 1 N–H and O–H groups in total. The second-order valence-corrected chi connectivity index (χ2v) is 5.24. The molecular weight excluding hydrogens is 300 g/mol. The molecular formula is C20H16N2O2. The van der Waals surface area contributed by atoms with Crippen molar-refractivity contribution >= 4 is 0 Å². The van der Waals surface area contributed by atoms with Crippen LogP contribution in [0.25, 0.3) is 22.4 Å². The molecule has 0 spiro atoms. The molecule has 4 heteroatoms. The van der Waals surface area contributed by atoms with Crippen LogP contribution in [-0.4, -0.2) is 11.6 Å². The minimum absolute atomic E-state index is 0.110. The van der Waals surface area contributed by atoms with Gasteiger partial charge < -0.3 is 9.72 Å². The molecule has 0 atom stereocenters. The molecule has 0 aliphatic rings. The Morgan fingerprint density at radius 2 is 1.75 bits per heavy atom. The Bertz CT molecular complexity index is 936. The van der Waals surface area contributed by atoms with E-state index in [0.717, 1.165) is 16.9 Å². The highest BCUT2D eigenvalue weighted by Gasteiger charge is 2.12. The molecule has 2 aromatic carbocycles. The molecule has 0 bridgehead atoms. The fraction of sp³-hybridized carbons (Fsp3) is 0.100. The van der Waals surface area contributed by atoms with Crippen molar-refractivity contribution in [1.29, 1.82) is 5.26 Å². The van der Waals surface area contributed by atoms with Crippen LogP contribution in [-0.2, 0) is 0 Å². The van der Waals surface area contributed by atoms with E-state index in [-0.39, 0.29) is 11.1 Å². The summed E-state index contributed by atoms with van der Waals surface area (Å²) in [4.78, 5) is 15.1. The molecule has 4 nitrogen and oxygen atoms in total. The second kappa shape index (κ2) is 6.84. The van der Waals surface area contributed by atoms with E-state index in [4.69, 9.17) is 4.74 Å². The minimum atomic E-state index is -0.386. The molecule has 0 saturated heterocycles. The fourth-order valence-corrected chi connectivity index (χ4v) is 2.57. The Morgan fingerprint density at radius 1 is 1.04 bits per heavy atom. The van der Waals surface area contributed by atoms with Gasteiger partial charge in [0.2, 0.25) is 0 Å². The van der Waals surface area contributed by atoms with Crippen LogP contribution in [0, 0.1) is 11.3 Å². The molecule has 0 amide bonds. The van der Waals surface area contributed by atoms with Crippen LogP contribution in [0.5, 0.6) is 5.75 Å². The summed E-state index contributed by atoms with van der Waals surface area (Å²) in [5, 5.41) is 9.37. The number of nitrogens with zero attached hydrogens (tertiary/aromatic N) is 1. The van der Waals surface area contributed by atoms with Gasteiger partial charge in [0.1, 0.15) is 17.4 Å². The first-order valence-electron chi connectivity index (χ1n) is 7.69. The number of pyridine rings is 1. The smallest absolute Gasteiger partial charge is 0.266 e. The van der Waals surface area contributed by atoms with Gasteiger partial charge in [0.15, 0.2) is 0 Å². The van der Waals surface area contributed by atoms with Crippen molar-refractivity contribution in [2.45, 2.75) is 6.92 Å². The van der Waals surface area contributed by atoms with E-state index in [2.05, 4.69) is 4.98 Å². The zero-order valence-electron chi connectivity index (χ0n) is 13.2. The van der Waals surface area contributed by atoms with Crippen molar-refractivity contribution in [3.05, 3.63) is 76.6 Å². The van der Waals surface area contributed by atoms with Gasteiger partial charge in [-0.15, -0.1) is 0 Å². The monoisotopic (exact) mass is 316 g/mol. The SMILES string of the molecule is CCOc1ccc(-c2cc(-c3ccccc3)[nH]c(=O)c2C#N)cc1. The number of nitriles is 1. The number of nitrogens with one attached hydrogen (secondary N) is 1. The summed E-state index contributed by atoms with van der Waals surface area (Å²) in [5.41, 5.74) is 2.72. The van der Waals surface area contributed by atoms with Crippen molar-refractivity contribution in [3.63, 3.8) is 0 Å². The lowest BCUT2D eigenvalue weighted by atomic mass is 9.99. The third-order valence-corrected chi connectivity index (χ3v) is 3.71. The lowest BCUT2D eigenvalue weighted by Crippen LogP contribution is -2.12. The number of ether oxygens (including phenoxy) is 1. The number of hydrogen-bond acceptors (Lipinski definition) is 3. The van der Waals surface area contributed by atoms with Gasteiger partial charge in [-0.05, 0) is 36.2 Å². The summed E-state index contributed by atoms with van der Waals surface area (Å²) in [6, 6.07) is 20.8. The van der Waals surface area contributed by atoms with E-state index < -0.39 is 0 Å². The van der Waals surface area contributed by atoms with Gasteiger partial charge in [-0.25, -0.2) is 0 Å². The molecule has 1 aromatic heterocycles. The number of H-pyrrole nitrogens is 1. The number of benzene rings is 2. The van der Waals surface area contributed by atoms with E-state index in [1.165, 1.54) is 0 Å². The summed E-state index contributed by atoms with van der Waals surface area (Å²) in [5.74, 6) is 0.757. The van der Waals surface area contributed by atoms with Gasteiger partial charge in [-0.2, -0.15) is 5.26 Å². The maximum absolute atomic E-state index is 12.3. The molecule has 0 aliphatic carbocycles. The van der Waals surface area contributed by atoms with E-state index in [1.54, 1.807) is 0 Å². The molecule has 118 valence electrons. The van der Waals surface area contributed by atoms with Gasteiger partial charge in [-0.1, -0.05) is 42.5 Å². The van der Waals surface area contributed by atoms with Crippen molar-refractivity contribution in [1.82, 2.24) is 4.98 Å². The first-order chi connectivity index (χ1) is 11.7. The zero-order valence-corrected chi connectivity index (χ0v) is 13.2. The van der Waals surface area contributed by atoms with E-state index in [1.807, 2.05) is 73.7 Å². The maximum Gasteiger partial charge on any atom is 0.266 e. The van der Waals surface area contributed by atoms with Gasteiger partial charge in [0.25, 0.3) is 5.56 Å². The van der Waals surface area contributed by atoms with E-state index in [0.29, 0.717) is 17.9 Å². The van der Waals surface area contributed by atoms with Crippen LogP contribution in [0.2, 0.25) is 0 Å². The van der Waals surface area contributed by atoms with Gasteiger partial charge in [-0.3, -0.25) is 4.79 Å². The van der Waals surface area contributed by atoms with Crippen LogP contribution >= 0.6 is 0 Å². The largest absolute Gasteiger partial charge is 0.494 e. The number of rotatable bonds is 4. The highest BCUT2D eigenvalue weighted by Crippen LogP contribution is 2.27. The van der Waals surface area contributed by atoms with Gasteiger partial charge in [0, 0.05) is 11.3 Å². The second-order valence-electron chi connectivity index (χ2n) is 5.24. The lowest BCUT2D eigenvalue weighted by Gasteiger charge is -2.09. The normalized spacial score (nSPS) is 10.2. The summed E-state index contributed by atoms with van der Waals surface area (Å²) in [6.07, 6.45) is 0. The summed E-state index contributed by atoms with van der Waals surface area (Å²) >= 11 is 0. The Morgan fingerprint density at radius 3 is 2.38 bits per heavy atom. The van der Waals surface area contributed by atoms with Crippen molar-refractivity contribution in [3.8, 4) is 34.2 Å². The Kier molecular flexibility index (Phi) is 4.44. The van der Waals surface area contributed by atoms with Gasteiger partial charge >= 0.3 is 0 Å². The third-order valence-electron chi connectivity index (χ3n) is 3.71. The van der Waals surface area contributed by atoms with Crippen LogP contribution in [0.15, 0.2) is 65.5 Å². The van der Waals surface area contributed by atoms with Crippen molar-refractivity contribution in [2.24, 2.45) is 0 Å². The average Bonchev–Trinajstić information content (AvgIpc) is 2.63. The Balaban J connectivity index is 2.14. The van der Waals surface area contributed by atoms with Crippen LogP contribution in [0.4, 0.5) is 0 Å². The van der Waals surface area contributed by atoms with Gasteiger partial charge in [0.05, 0.1) is 6.61 Å². The van der Waals surface area contributed by atoms with Crippen LogP contribution in [0.1, 0.15) is 12.5 Å². The predicted octanol–water partition coefficient (Wildman–Crippen LogP) is 3.98. The first kappa shape index (κ1) is 15.6. The fourth-order valence-electron chi connectivity index (χ4n) is 2.57. The molecule has 0 unspecified atom stereocenters. The molecule has 24 heavy (non-hydrogen) atoms. The van der Waals surface area contributed by atoms with Crippen LogP contribution < -0.4 is 10.3 Å². The molecule has 0 saturated carbocycles. The Hall–Kier alpha value is -3.32. The highest BCUT2D eigenvalue weighted by atomic mass is 16.5. The number of hydrogen-bond donors (Lipinski definition) is 1. The molecule has 3 rings (SSSR count). The van der Waals surface area contributed by atoms with E-state index in [9.17, 15) is 10.1 Å². The van der Waals surface area contributed by atoms with Crippen molar-refractivity contribution < 1.29 is 4.74 Å².